The van der Waals surface area contributed by atoms with Crippen molar-refractivity contribution in [2.45, 2.75) is 13.8 Å². The highest BCUT2D eigenvalue weighted by Crippen LogP contribution is 2.17. The molecule has 0 fully saturated rings. The molecule has 0 radical (unpaired) electrons. The summed E-state index contributed by atoms with van der Waals surface area (Å²) < 4.78 is 2.19. The van der Waals surface area contributed by atoms with Crippen LogP contribution in [-0.2, 0) is 0 Å². The van der Waals surface area contributed by atoms with Gasteiger partial charge in [-0.3, -0.25) is 0 Å². The molecule has 6 heteroatoms. The lowest BCUT2D eigenvalue weighted by Gasteiger charge is -2.05. The Bertz CT molecular complexity index is 787. The average molecular weight is 257 g/mol. The van der Waals surface area contributed by atoms with Crippen molar-refractivity contribution in [3.63, 3.8) is 0 Å². The number of hydrogen-bond acceptors (Lipinski definition) is 4. The molecule has 18 heavy (non-hydrogen) atoms. The fourth-order valence-electron chi connectivity index (χ4n) is 1.81. The van der Waals surface area contributed by atoms with Crippen LogP contribution in [0.4, 0.5) is 0 Å². The van der Waals surface area contributed by atoms with Crippen LogP contribution in [-0.4, -0.2) is 25.0 Å². The van der Waals surface area contributed by atoms with Crippen molar-refractivity contribution in [2.75, 3.05) is 0 Å². The van der Waals surface area contributed by atoms with E-state index in [1.165, 1.54) is 11.1 Å². The molecule has 0 saturated carbocycles. The second-order valence-corrected chi connectivity index (χ2v) is 4.56. The molecule has 0 spiro atoms. The highest BCUT2D eigenvalue weighted by atomic mass is 32.1. The maximum absolute atomic E-state index is 5.12. The molecule has 0 aliphatic rings. The van der Waals surface area contributed by atoms with E-state index in [0.29, 0.717) is 10.2 Å². The lowest BCUT2D eigenvalue weighted by Crippen LogP contribution is -1.99. The third kappa shape index (κ3) is 1.62. The number of aromatic amines is 1. The first-order valence-electron chi connectivity index (χ1n) is 5.53. The molecule has 0 aliphatic carbocycles. The second-order valence-electron chi connectivity index (χ2n) is 4.17. The van der Waals surface area contributed by atoms with E-state index >= 15 is 0 Å². The third-order valence-electron chi connectivity index (χ3n) is 2.99. The number of nitrogens with zero attached hydrogens (tertiary/aromatic N) is 4. The number of rotatable bonds is 1. The quantitative estimate of drug-likeness (QED) is 0.680. The number of fused-ring (bicyclic) bond motifs is 1. The fraction of sp³-hybridized carbons (Fsp3) is 0.167. The normalized spacial score (nSPS) is 11.0. The van der Waals surface area contributed by atoms with Crippen LogP contribution >= 0.6 is 12.2 Å². The molecule has 3 aromatic rings. The standard InChI is InChI=1S/C12H11N5S/c1-7-3-4-9(5-8(7)2)17-11-10(15-16-17)12(18)14-6-13-11/h3-6H,1-2H3,(H,13,14,18). The fourth-order valence-corrected chi connectivity index (χ4v) is 2.00. The Balaban J connectivity index is 2.29. The molecule has 1 N–H and O–H groups in total. The summed E-state index contributed by atoms with van der Waals surface area (Å²) in [4.78, 5) is 7.02. The predicted octanol–water partition coefficient (Wildman–Crippen LogP) is 2.49. The van der Waals surface area contributed by atoms with E-state index in [1.54, 1.807) is 11.0 Å². The summed E-state index contributed by atoms with van der Waals surface area (Å²) in [5, 5.41) is 8.19. The molecule has 90 valence electrons. The van der Waals surface area contributed by atoms with Crippen molar-refractivity contribution in [3.05, 3.63) is 40.3 Å². The van der Waals surface area contributed by atoms with E-state index in [2.05, 4.69) is 46.3 Å². The van der Waals surface area contributed by atoms with Gasteiger partial charge in [0.05, 0.1) is 12.0 Å². The topological polar surface area (TPSA) is 59.4 Å². The van der Waals surface area contributed by atoms with Crippen LogP contribution in [0.15, 0.2) is 24.5 Å². The molecule has 2 heterocycles. The number of aromatic nitrogens is 5. The minimum Gasteiger partial charge on any atom is -0.329 e. The number of nitrogens with one attached hydrogen (secondary N) is 1. The second kappa shape index (κ2) is 3.99. The van der Waals surface area contributed by atoms with Gasteiger partial charge in [0.15, 0.2) is 15.8 Å². The van der Waals surface area contributed by atoms with Crippen LogP contribution < -0.4 is 0 Å². The highest BCUT2D eigenvalue weighted by Gasteiger charge is 2.08. The van der Waals surface area contributed by atoms with Crippen LogP contribution in [0.5, 0.6) is 0 Å². The zero-order chi connectivity index (χ0) is 12.7. The molecule has 0 atom stereocenters. The molecule has 5 nitrogen and oxygen atoms in total. The van der Waals surface area contributed by atoms with E-state index in [4.69, 9.17) is 12.2 Å². The average Bonchev–Trinajstić information content (AvgIpc) is 2.78. The van der Waals surface area contributed by atoms with Crippen molar-refractivity contribution in [1.82, 2.24) is 25.0 Å². The predicted molar refractivity (Wildman–Crippen MR) is 71.3 cm³/mol. The summed E-state index contributed by atoms with van der Waals surface area (Å²) in [5.74, 6) is 0. The number of benzene rings is 1. The van der Waals surface area contributed by atoms with Gasteiger partial charge in [-0.05, 0) is 37.1 Å². The summed E-state index contributed by atoms with van der Waals surface area (Å²) >= 11 is 5.12. The lowest BCUT2D eigenvalue weighted by atomic mass is 10.1. The molecule has 0 bridgehead atoms. The summed E-state index contributed by atoms with van der Waals surface area (Å²) in [6.45, 7) is 4.15. The van der Waals surface area contributed by atoms with Crippen molar-refractivity contribution in [1.29, 1.82) is 0 Å². The van der Waals surface area contributed by atoms with E-state index in [0.717, 1.165) is 11.3 Å². The first-order chi connectivity index (χ1) is 8.66. The largest absolute Gasteiger partial charge is 0.329 e. The van der Waals surface area contributed by atoms with Crippen LogP contribution in [0.2, 0.25) is 0 Å². The Morgan fingerprint density at radius 2 is 2.06 bits per heavy atom. The molecular formula is C12H11N5S. The van der Waals surface area contributed by atoms with Gasteiger partial charge in [-0.25, -0.2) is 4.98 Å². The van der Waals surface area contributed by atoms with E-state index in [-0.39, 0.29) is 0 Å². The molecule has 0 saturated heterocycles. The van der Waals surface area contributed by atoms with Gasteiger partial charge in [0, 0.05) is 0 Å². The minimum absolute atomic E-state index is 0.457. The van der Waals surface area contributed by atoms with E-state index in [9.17, 15) is 0 Å². The molecule has 0 aliphatic heterocycles. The number of H-pyrrole nitrogens is 1. The van der Waals surface area contributed by atoms with Crippen LogP contribution in [0.3, 0.4) is 0 Å². The van der Waals surface area contributed by atoms with Crippen molar-refractivity contribution in [2.24, 2.45) is 0 Å². The molecule has 0 unspecified atom stereocenters. The van der Waals surface area contributed by atoms with Crippen molar-refractivity contribution < 1.29 is 0 Å². The van der Waals surface area contributed by atoms with Gasteiger partial charge in [-0.15, -0.1) is 5.10 Å². The Kier molecular flexibility index (Phi) is 2.45. The van der Waals surface area contributed by atoms with Gasteiger partial charge in [-0.1, -0.05) is 23.5 Å². The molecule has 0 amide bonds. The maximum atomic E-state index is 5.12. The maximum Gasteiger partial charge on any atom is 0.167 e. The monoisotopic (exact) mass is 257 g/mol. The zero-order valence-corrected chi connectivity index (χ0v) is 10.8. The molecule has 3 rings (SSSR count). The summed E-state index contributed by atoms with van der Waals surface area (Å²) in [7, 11) is 0. The highest BCUT2D eigenvalue weighted by molar-refractivity contribution is 7.71. The van der Waals surface area contributed by atoms with Crippen molar-refractivity contribution in [3.8, 4) is 5.69 Å². The Hall–Kier alpha value is -2.08. The van der Waals surface area contributed by atoms with Crippen LogP contribution in [0, 0.1) is 18.5 Å². The van der Waals surface area contributed by atoms with Crippen molar-refractivity contribution >= 4 is 23.4 Å². The van der Waals surface area contributed by atoms with Gasteiger partial charge >= 0.3 is 0 Å². The van der Waals surface area contributed by atoms with Gasteiger partial charge in [0.25, 0.3) is 0 Å². The SMILES string of the molecule is Cc1ccc(-n2nnc3c(=S)nc[nH]c32)cc1C. The Labute approximate surface area is 108 Å². The molecule has 2 aromatic heterocycles. The van der Waals surface area contributed by atoms with Gasteiger partial charge in [-0.2, -0.15) is 4.68 Å². The van der Waals surface area contributed by atoms with Gasteiger partial charge < -0.3 is 4.98 Å². The number of hydrogen-bond donors (Lipinski definition) is 1. The summed E-state index contributed by atoms with van der Waals surface area (Å²) in [6, 6.07) is 6.14. The smallest absolute Gasteiger partial charge is 0.167 e. The van der Waals surface area contributed by atoms with Gasteiger partial charge in [0.2, 0.25) is 0 Å². The summed E-state index contributed by atoms with van der Waals surface area (Å²) in [6.07, 6.45) is 1.56. The van der Waals surface area contributed by atoms with Crippen LogP contribution in [0.25, 0.3) is 16.9 Å². The first-order valence-corrected chi connectivity index (χ1v) is 5.94. The Morgan fingerprint density at radius 1 is 1.22 bits per heavy atom. The molecular weight excluding hydrogens is 246 g/mol. The zero-order valence-electron chi connectivity index (χ0n) is 10.0. The third-order valence-corrected chi connectivity index (χ3v) is 3.29. The van der Waals surface area contributed by atoms with E-state index in [1.807, 2.05) is 6.07 Å². The van der Waals surface area contributed by atoms with Gasteiger partial charge in [0.1, 0.15) is 0 Å². The van der Waals surface area contributed by atoms with Crippen LogP contribution in [0.1, 0.15) is 11.1 Å². The summed E-state index contributed by atoms with van der Waals surface area (Å²) in [5.41, 5.74) is 4.79. The first kappa shape index (κ1) is 11.0. The molecule has 1 aromatic carbocycles. The Morgan fingerprint density at radius 3 is 2.83 bits per heavy atom. The minimum atomic E-state index is 0.457. The number of aryl methyl sites for hydroxylation is 2. The van der Waals surface area contributed by atoms with E-state index < -0.39 is 0 Å². The lowest BCUT2D eigenvalue weighted by molar-refractivity contribution is 0.816.